The van der Waals surface area contributed by atoms with E-state index in [-0.39, 0.29) is 11.9 Å². The van der Waals surface area contributed by atoms with E-state index >= 15 is 0 Å². The van der Waals surface area contributed by atoms with Crippen molar-refractivity contribution in [3.8, 4) is 11.5 Å². The number of rotatable bonds is 8. The summed E-state index contributed by atoms with van der Waals surface area (Å²) in [5, 5.41) is 1.74. The highest BCUT2D eigenvalue weighted by Crippen LogP contribution is 2.39. The summed E-state index contributed by atoms with van der Waals surface area (Å²) in [6, 6.07) is 21.1. The highest BCUT2D eigenvalue weighted by molar-refractivity contribution is 8.18. The second-order valence-electron chi connectivity index (χ2n) is 9.48. The number of carbonyl (C=O) groups is 1. The Labute approximate surface area is 243 Å². The van der Waals surface area contributed by atoms with Gasteiger partial charge in [-0.15, -0.1) is 0 Å². The van der Waals surface area contributed by atoms with E-state index in [9.17, 15) is 4.79 Å². The van der Waals surface area contributed by atoms with Crippen LogP contribution >= 0.6 is 35.0 Å². The fraction of sp³-hybridized carbons (Fsp3) is 0.290. The molecule has 0 spiro atoms. The van der Waals surface area contributed by atoms with Crippen molar-refractivity contribution in [1.82, 2.24) is 4.90 Å². The van der Waals surface area contributed by atoms with Gasteiger partial charge >= 0.3 is 0 Å². The Morgan fingerprint density at radius 2 is 1.74 bits per heavy atom. The summed E-state index contributed by atoms with van der Waals surface area (Å²) < 4.78 is 11.9. The molecule has 8 heteroatoms. The monoisotopic (exact) mass is 580 g/mol. The minimum Gasteiger partial charge on any atom is -0.490 e. The average molecular weight is 582 g/mol. The number of aliphatic imine (C=N–C) groups is 1. The first-order valence-corrected chi connectivity index (χ1v) is 14.8. The number of benzene rings is 3. The van der Waals surface area contributed by atoms with Crippen LogP contribution in [0.3, 0.4) is 0 Å². The molecule has 39 heavy (non-hydrogen) atoms. The van der Waals surface area contributed by atoms with Crippen LogP contribution in [0.5, 0.6) is 11.5 Å². The van der Waals surface area contributed by atoms with E-state index in [2.05, 4.69) is 0 Å². The molecule has 2 fully saturated rings. The Kier molecular flexibility index (Phi) is 9.17. The summed E-state index contributed by atoms with van der Waals surface area (Å²) in [5.41, 5.74) is 2.61. The van der Waals surface area contributed by atoms with E-state index in [4.69, 9.17) is 37.7 Å². The number of thioether (sulfide) groups is 1. The molecule has 1 aliphatic heterocycles. The molecule has 0 radical (unpaired) electrons. The number of para-hydroxylation sites is 1. The summed E-state index contributed by atoms with van der Waals surface area (Å²) in [6.07, 6.45) is 7.43. The van der Waals surface area contributed by atoms with E-state index in [1.807, 2.05) is 72.5 Å². The first-order valence-electron chi connectivity index (χ1n) is 13.2. The quantitative estimate of drug-likeness (QED) is 0.249. The van der Waals surface area contributed by atoms with Crippen LogP contribution in [0.15, 0.2) is 76.6 Å². The lowest BCUT2D eigenvalue weighted by Crippen LogP contribution is -2.40. The van der Waals surface area contributed by atoms with Crippen molar-refractivity contribution < 1.29 is 14.3 Å². The second kappa shape index (κ2) is 12.9. The standard InChI is InChI=1S/C31H30Cl2N2O3S/c1-2-37-28-18-21(14-16-27(28)38-20-22-13-15-25(32)26(33)17-22)19-29-30(36)35(24-11-7-4-8-12-24)31(39-29)34-23-9-5-3-6-10-23/h3,5-6,9-10,13-19,24H,2,4,7-8,11-12,20H2,1H3/b29-19-,34-31?. The van der Waals surface area contributed by atoms with Gasteiger partial charge in [0.05, 0.1) is 27.2 Å². The maximum atomic E-state index is 13.7. The summed E-state index contributed by atoms with van der Waals surface area (Å²) in [7, 11) is 0. The zero-order chi connectivity index (χ0) is 27.2. The molecule has 0 N–H and O–H groups in total. The summed E-state index contributed by atoms with van der Waals surface area (Å²) in [6.45, 7) is 2.74. The predicted octanol–water partition coefficient (Wildman–Crippen LogP) is 8.91. The third kappa shape index (κ3) is 6.81. The van der Waals surface area contributed by atoms with Gasteiger partial charge in [0.25, 0.3) is 5.91 Å². The van der Waals surface area contributed by atoms with Crippen LogP contribution in [-0.2, 0) is 11.4 Å². The van der Waals surface area contributed by atoms with Crippen molar-refractivity contribution in [3.05, 3.63) is 92.8 Å². The highest BCUT2D eigenvalue weighted by atomic mass is 35.5. The van der Waals surface area contributed by atoms with Gasteiger partial charge in [-0.25, -0.2) is 4.99 Å². The molecule has 1 saturated heterocycles. The summed E-state index contributed by atoms with van der Waals surface area (Å²) in [5.74, 6) is 1.25. The number of nitrogens with zero attached hydrogens (tertiary/aromatic N) is 2. The third-order valence-corrected chi connectivity index (χ3v) is 8.42. The van der Waals surface area contributed by atoms with E-state index in [1.165, 1.54) is 18.2 Å². The number of carbonyl (C=O) groups excluding carboxylic acids is 1. The summed E-state index contributed by atoms with van der Waals surface area (Å²) in [4.78, 5) is 21.1. The topological polar surface area (TPSA) is 51.1 Å². The van der Waals surface area contributed by atoms with Gasteiger partial charge in [0.15, 0.2) is 16.7 Å². The van der Waals surface area contributed by atoms with Crippen LogP contribution in [0.25, 0.3) is 6.08 Å². The lowest BCUT2D eigenvalue weighted by atomic mass is 9.94. The Balaban J connectivity index is 1.40. The molecular formula is C31H30Cl2N2O3S. The smallest absolute Gasteiger partial charge is 0.267 e. The maximum absolute atomic E-state index is 13.7. The van der Waals surface area contributed by atoms with Crippen molar-refractivity contribution >= 4 is 57.8 Å². The lowest BCUT2D eigenvalue weighted by molar-refractivity contribution is -0.124. The van der Waals surface area contributed by atoms with Gasteiger partial charge in [0, 0.05) is 6.04 Å². The van der Waals surface area contributed by atoms with Crippen LogP contribution in [0.2, 0.25) is 10.0 Å². The first-order chi connectivity index (χ1) is 19.0. The van der Waals surface area contributed by atoms with Gasteiger partial charge in [-0.2, -0.15) is 0 Å². The van der Waals surface area contributed by atoms with Gasteiger partial charge in [0.1, 0.15) is 6.61 Å². The molecule has 0 aromatic heterocycles. The molecule has 0 atom stereocenters. The van der Waals surface area contributed by atoms with Crippen LogP contribution in [0.1, 0.15) is 50.2 Å². The molecule has 5 rings (SSSR count). The maximum Gasteiger partial charge on any atom is 0.267 e. The first kappa shape index (κ1) is 27.6. The van der Waals surface area contributed by atoms with Crippen LogP contribution in [0, 0.1) is 0 Å². The van der Waals surface area contributed by atoms with Crippen molar-refractivity contribution in [2.45, 2.75) is 51.7 Å². The molecule has 0 unspecified atom stereocenters. The molecule has 3 aromatic rings. The molecule has 5 nitrogen and oxygen atoms in total. The Hall–Kier alpha value is -2.93. The highest BCUT2D eigenvalue weighted by Gasteiger charge is 2.38. The SMILES string of the molecule is CCOc1cc(/C=C2\SC(=Nc3ccccc3)N(C3CCCCC3)C2=O)ccc1OCc1ccc(Cl)c(Cl)c1. The minimum atomic E-state index is 0.0134. The third-order valence-electron chi connectivity index (χ3n) is 6.70. The normalized spacial score (nSPS) is 18.2. The second-order valence-corrected chi connectivity index (χ2v) is 11.3. The largest absolute Gasteiger partial charge is 0.490 e. The van der Waals surface area contributed by atoms with Gasteiger partial charge in [0.2, 0.25) is 0 Å². The Morgan fingerprint density at radius 1 is 0.949 bits per heavy atom. The fourth-order valence-electron chi connectivity index (χ4n) is 4.78. The molecule has 1 aliphatic carbocycles. The number of amidine groups is 1. The molecular weight excluding hydrogens is 551 g/mol. The molecule has 1 saturated carbocycles. The zero-order valence-corrected chi connectivity index (χ0v) is 24.1. The van der Waals surface area contributed by atoms with E-state index < -0.39 is 0 Å². The summed E-state index contributed by atoms with van der Waals surface area (Å²) >= 11 is 13.6. The van der Waals surface area contributed by atoms with Crippen molar-refractivity contribution in [3.63, 3.8) is 0 Å². The van der Waals surface area contributed by atoms with Crippen LogP contribution in [0.4, 0.5) is 5.69 Å². The predicted molar refractivity (Wildman–Crippen MR) is 161 cm³/mol. The van der Waals surface area contributed by atoms with Gasteiger partial charge < -0.3 is 9.47 Å². The van der Waals surface area contributed by atoms with Crippen LogP contribution in [-0.4, -0.2) is 28.6 Å². The lowest BCUT2D eigenvalue weighted by Gasteiger charge is -2.30. The zero-order valence-electron chi connectivity index (χ0n) is 21.7. The van der Waals surface area contributed by atoms with Crippen molar-refractivity contribution in [1.29, 1.82) is 0 Å². The minimum absolute atomic E-state index is 0.0134. The van der Waals surface area contributed by atoms with E-state index in [0.717, 1.165) is 47.7 Å². The Morgan fingerprint density at radius 3 is 2.49 bits per heavy atom. The van der Waals surface area contributed by atoms with Gasteiger partial charge in [-0.1, -0.05) is 72.8 Å². The molecule has 202 valence electrons. The molecule has 1 heterocycles. The van der Waals surface area contributed by atoms with E-state index in [1.54, 1.807) is 12.1 Å². The van der Waals surface area contributed by atoms with Gasteiger partial charge in [-0.05, 0) is 85.1 Å². The van der Waals surface area contributed by atoms with Crippen molar-refractivity contribution in [2.24, 2.45) is 4.99 Å². The molecule has 3 aromatic carbocycles. The van der Waals surface area contributed by atoms with E-state index in [0.29, 0.717) is 39.7 Å². The number of halogens is 2. The number of hydrogen-bond donors (Lipinski definition) is 0. The molecule has 1 amide bonds. The number of amides is 1. The van der Waals surface area contributed by atoms with Gasteiger partial charge in [-0.3, -0.25) is 9.69 Å². The average Bonchev–Trinajstić information content (AvgIpc) is 3.25. The number of hydrogen-bond acceptors (Lipinski definition) is 5. The van der Waals surface area contributed by atoms with Crippen LogP contribution < -0.4 is 9.47 Å². The molecule has 0 bridgehead atoms. The number of ether oxygens (including phenoxy) is 2. The molecule has 2 aliphatic rings. The Bertz CT molecular complexity index is 1390. The van der Waals surface area contributed by atoms with Crippen molar-refractivity contribution in [2.75, 3.05) is 6.61 Å². The fourth-order valence-corrected chi connectivity index (χ4v) is 6.16.